The molecule has 0 amide bonds. The zero-order chi connectivity index (χ0) is 13.1. The van der Waals surface area contributed by atoms with Crippen LogP contribution in [0.5, 0.6) is 0 Å². The van der Waals surface area contributed by atoms with Crippen LogP contribution in [-0.2, 0) is 4.79 Å². The van der Waals surface area contributed by atoms with Crippen molar-refractivity contribution in [2.75, 3.05) is 0 Å². The van der Waals surface area contributed by atoms with Gasteiger partial charge in [-0.15, -0.1) is 11.6 Å². The Morgan fingerprint density at radius 2 is 1.88 bits per heavy atom. The summed E-state index contributed by atoms with van der Waals surface area (Å²) < 4.78 is 36.1. The zero-order valence-electron chi connectivity index (χ0n) is 8.61. The Morgan fingerprint density at radius 1 is 1.44 bits per heavy atom. The van der Waals surface area contributed by atoms with Crippen molar-refractivity contribution in [2.24, 2.45) is 5.41 Å². The summed E-state index contributed by atoms with van der Waals surface area (Å²) >= 11 is 10.5. The summed E-state index contributed by atoms with van der Waals surface area (Å²) in [5.41, 5.74) is -1.02. The van der Waals surface area contributed by atoms with E-state index in [0.29, 0.717) is 0 Å². The molecule has 1 atom stereocenters. The lowest BCUT2D eigenvalue weighted by Gasteiger charge is -2.25. The molecule has 16 heavy (non-hydrogen) atoms. The van der Waals surface area contributed by atoms with Crippen molar-refractivity contribution in [1.29, 1.82) is 0 Å². The van der Waals surface area contributed by atoms with E-state index in [-0.39, 0.29) is 6.42 Å². The van der Waals surface area contributed by atoms with Gasteiger partial charge in [-0.05, 0) is 11.8 Å². The highest BCUT2D eigenvalue weighted by atomic mass is 35.5. The van der Waals surface area contributed by atoms with E-state index in [0.717, 1.165) is 6.08 Å². The third-order valence-electron chi connectivity index (χ3n) is 1.98. The number of carbonyl (C=O) groups is 1. The fourth-order valence-corrected chi connectivity index (χ4v) is 1.07. The predicted octanol–water partition coefficient (Wildman–Crippen LogP) is 3.78. The van der Waals surface area contributed by atoms with E-state index in [4.69, 9.17) is 28.3 Å². The topological polar surface area (TPSA) is 37.3 Å². The first kappa shape index (κ1) is 15.6. The van der Waals surface area contributed by atoms with Gasteiger partial charge in [-0.1, -0.05) is 31.5 Å². The number of carboxylic acids is 1. The molecule has 0 heterocycles. The summed E-state index contributed by atoms with van der Waals surface area (Å²) in [5, 5.41) is 6.09. The Balaban J connectivity index is 4.68. The molecule has 1 N–H and O–H groups in total. The highest BCUT2D eigenvalue weighted by molar-refractivity contribution is 6.30. The molecule has 94 valence electrons. The van der Waals surface area contributed by atoms with Gasteiger partial charge in [0, 0.05) is 0 Å². The summed E-state index contributed by atoms with van der Waals surface area (Å²) in [4.78, 5) is 10.6. The molecule has 0 aliphatic heterocycles. The molecule has 0 bridgehead atoms. The minimum atomic E-state index is -4.61. The normalized spacial score (nSPS) is 16.1. The zero-order valence-corrected chi connectivity index (χ0v) is 10.1. The van der Waals surface area contributed by atoms with E-state index < -0.39 is 28.0 Å². The van der Waals surface area contributed by atoms with Crippen molar-refractivity contribution in [3.8, 4) is 0 Å². The molecule has 0 aromatic carbocycles. The van der Waals surface area contributed by atoms with Crippen molar-refractivity contribution in [3.05, 3.63) is 11.1 Å². The second kappa shape index (κ2) is 5.27. The van der Waals surface area contributed by atoms with Gasteiger partial charge in [-0.3, -0.25) is 4.79 Å². The summed E-state index contributed by atoms with van der Waals surface area (Å²) in [7, 11) is 0. The van der Waals surface area contributed by atoms with Crippen molar-refractivity contribution in [1.82, 2.24) is 0 Å². The number of alkyl halides is 4. The molecule has 0 aliphatic carbocycles. The summed E-state index contributed by atoms with van der Waals surface area (Å²) in [6.07, 6.45) is -4.05. The quantitative estimate of drug-likeness (QED) is 0.795. The number of aliphatic carboxylic acids is 1. The number of allylic oxidation sites excluding steroid dienone is 2. The average Bonchev–Trinajstić information content (AvgIpc) is 2.11. The monoisotopic (exact) mass is 278 g/mol. The Morgan fingerprint density at radius 3 is 2.19 bits per heavy atom. The second-order valence-electron chi connectivity index (χ2n) is 3.94. The molecule has 0 aliphatic rings. The molecule has 7 heteroatoms. The Hall–Kier alpha value is -0.420. The fraction of sp³-hybridized carbons (Fsp3) is 0.667. The SMILES string of the molecule is CC(C)(CC=C(Cl)C(F)(F)F)C(Cl)C(=O)O. The molecule has 1 unspecified atom stereocenters. The molecule has 2 nitrogen and oxygen atoms in total. The standard InChI is InChI=1S/C9H11Cl2F3O2/c1-8(2,6(11)7(15)16)4-3-5(10)9(12,13)14/h3,6H,4H2,1-2H3,(H,15,16). The predicted molar refractivity (Wildman–Crippen MR) is 55.7 cm³/mol. The minimum absolute atomic E-state index is 0.175. The van der Waals surface area contributed by atoms with Crippen LogP contribution in [0.1, 0.15) is 20.3 Å². The van der Waals surface area contributed by atoms with Crippen LogP contribution in [0.15, 0.2) is 11.1 Å². The maximum atomic E-state index is 12.0. The Labute approximate surface area is 101 Å². The molecule has 0 aromatic heterocycles. The van der Waals surface area contributed by atoms with Gasteiger partial charge >= 0.3 is 12.1 Å². The fourth-order valence-electron chi connectivity index (χ4n) is 0.906. The average molecular weight is 279 g/mol. The van der Waals surface area contributed by atoms with Crippen LogP contribution in [0.2, 0.25) is 0 Å². The Bertz CT molecular complexity index is 298. The van der Waals surface area contributed by atoms with Crippen LogP contribution in [0.25, 0.3) is 0 Å². The lowest BCUT2D eigenvalue weighted by molar-refractivity contribution is -0.138. The van der Waals surface area contributed by atoms with E-state index in [1.165, 1.54) is 13.8 Å². The molecule has 0 saturated heterocycles. The van der Waals surface area contributed by atoms with Crippen molar-refractivity contribution in [2.45, 2.75) is 31.8 Å². The number of halogens is 5. The van der Waals surface area contributed by atoms with E-state index in [2.05, 4.69) is 0 Å². The summed E-state index contributed by atoms with van der Waals surface area (Å²) in [5.74, 6) is -1.27. The first-order chi connectivity index (χ1) is 6.98. The molecule has 0 fully saturated rings. The smallest absolute Gasteiger partial charge is 0.426 e. The summed E-state index contributed by atoms with van der Waals surface area (Å²) in [6.45, 7) is 2.91. The van der Waals surface area contributed by atoms with Crippen molar-refractivity contribution in [3.63, 3.8) is 0 Å². The van der Waals surface area contributed by atoms with Crippen LogP contribution < -0.4 is 0 Å². The van der Waals surface area contributed by atoms with Gasteiger partial charge < -0.3 is 5.11 Å². The van der Waals surface area contributed by atoms with Gasteiger partial charge in [-0.2, -0.15) is 13.2 Å². The molecule has 0 saturated carbocycles. The Kier molecular flexibility index (Phi) is 5.14. The van der Waals surface area contributed by atoms with E-state index in [1.54, 1.807) is 0 Å². The van der Waals surface area contributed by atoms with Crippen LogP contribution in [0.3, 0.4) is 0 Å². The van der Waals surface area contributed by atoms with E-state index in [9.17, 15) is 18.0 Å². The second-order valence-corrected chi connectivity index (χ2v) is 4.79. The molecule has 0 aromatic rings. The number of hydrogen-bond acceptors (Lipinski definition) is 1. The van der Waals surface area contributed by atoms with E-state index in [1.807, 2.05) is 0 Å². The largest absolute Gasteiger partial charge is 0.480 e. The number of rotatable bonds is 4. The third kappa shape index (κ3) is 4.61. The number of carboxylic acid groups (broad SMARTS) is 1. The maximum absolute atomic E-state index is 12.0. The molecule has 0 rings (SSSR count). The van der Waals surface area contributed by atoms with Crippen molar-refractivity contribution < 1.29 is 23.1 Å². The van der Waals surface area contributed by atoms with Crippen LogP contribution in [-0.4, -0.2) is 22.6 Å². The van der Waals surface area contributed by atoms with Gasteiger partial charge in [0.1, 0.15) is 10.4 Å². The van der Waals surface area contributed by atoms with Gasteiger partial charge in [0.15, 0.2) is 0 Å². The highest BCUT2D eigenvalue weighted by Crippen LogP contribution is 2.34. The number of hydrogen-bond donors (Lipinski definition) is 1. The molecule has 0 radical (unpaired) electrons. The summed E-state index contributed by atoms with van der Waals surface area (Å²) in [6, 6.07) is 0. The van der Waals surface area contributed by atoms with Crippen LogP contribution in [0.4, 0.5) is 13.2 Å². The highest BCUT2D eigenvalue weighted by Gasteiger charge is 2.36. The van der Waals surface area contributed by atoms with E-state index >= 15 is 0 Å². The lowest BCUT2D eigenvalue weighted by Crippen LogP contribution is -2.31. The first-order valence-electron chi connectivity index (χ1n) is 4.28. The van der Waals surface area contributed by atoms with Gasteiger partial charge in [0.25, 0.3) is 0 Å². The van der Waals surface area contributed by atoms with Gasteiger partial charge in [0.2, 0.25) is 0 Å². The van der Waals surface area contributed by atoms with Crippen LogP contribution in [0, 0.1) is 5.41 Å². The molecule has 0 spiro atoms. The maximum Gasteiger partial charge on any atom is 0.426 e. The minimum Gasteiger partial charge on any atom is -0.480 e. The first-order valence-corrected chi connectivity index (χ1v) is 5.09. The third-order valence-corrected chi connectivity index (χ3v) is 3.13. The van der Waals surface area contributed by atoms with Gasteiger partial charge in [-0.25, -0.2) is 0 Å². The molecular weight excluding hydrogens is 268 g/mol. The van der Waals surface area contributed by atoms with Gasteiger partial charge in [0.05, 0.1) is 0 Å². The molecular formula is C9H11Cl2F3O2. The van der Waals surface area contributed by atoms with Crippen molar-refractivity contribution >= 4 is 29.2 Å². The van der Waals surface area contributed by atoms with Crippen LogP contribution >= 0.6 is 23.2 Å². The lowest BCUT2D eigenvalue weighted by atomic mass is 9.85.